The van der Waals surface area contributed by atoms with Crippen LogP contribution in [0.25, 0.3) is 0 Å². The van der Waals surface area contributed by atoms with Gasteiger partial charge in [0.15, 0.2) is 0 Å². The molecule has 6 heteroatoms. The summed E-state index contributed by atoms with van der Waals surface area (Å²) in [4.78, 5) is 1.95. The van der Waals surface area contributed by atoms with Crippen LogP contribution in [0.2, 0.25) is 0 Å². The summed E-state index contributed by atoms with van der Waals surface area (Å²) in [5, 5.41) is 0. The predicted octanol–water partition coefficient (Wildman–Crippen LogP) is -0.226. The Bertz CT molecular complexity index is 456. The molecule has 2 rings (SSSR count). The van der Waals surface area contributed by atoms with Crippen molar-refractivity contribution in [1.29, 1.82) is 0 Å². The SMILES string of the molecule is NNS(=O)(=O)c1ccc2c(c1)CCO2. The van der Waals surface area contributed by atoms with E-state index in [0.29, 0.717) is 6.61 Å². The molecule has 0 bridgehead atoms. The van der Waals surface area contributed by atoms with Gasteiger partial charge in [-0.2, -0.15) is 4.83 Å². The lowest BCUT2D eigenvalue weighted by Gasteiger charge is -2.03. The molecule has 0 radical (unpaired) electrons. The first kappa shape index (κ1) is 9.45. The lowest BCUT2D eigenvalue weighted by Crippen LogP contribution is -2.30. The van der Waals surface area contributed by atoms with Gasteiger partial charge in [0.2, 0.25) is 0 Å². The van der Waals surface area contributed by atoms with Crippen molar-refractivity contribution in [2.24, 2.45) is 5.84 Å². The summed E-state index contributed by atoms with van der Waals surface area (Å²) in [7, 11) is -3.55. The molecule has 0 amide bonds. The number of sulfonamides is 1. The predicted molar refractivity (Wildman–Crippen MR) is 50.1 cm³/mol. The van der Waals surface area contributed by atoms with Crippen molar-refractivity contribution in [1.82, 2.24) is 4.83 Å². The van der Waals surface area contributed by atoms with Gasteiger partial charge in [0.05, 0.1) is 11.5 Å². The van der Waals surface area contributed by atoms with Crippen molar-refractivity contribution in [3.63, 3.8) is 0 Å². The summed E-state index contributed by atoms with van der Waals surface area (Å²) in [6.07, 6.45) is 0.739. The third-order valence-corrected chi connectivity index (χ3v) is 3.31. The van der Waals surface area contributed by atoms with E-state index >= 15 is 0 Å². The molecule has 3 N–H and O–H groups in total. The summed E-state index contributed by atoms with van der Waals surface area (Å²) in [5.74, 6) is 5.67. The first-order valence-electron chi connectivity index (χ1n) is 4.11. The molecule has 0 unspecified atom stereocenters. The highest BCUT2D eigenvalue weighted by Gasteiger charge is 2.17. The molecule has 0 saturated heterocycles. The number of nitrogens with two attached hydrogens (primary N) is 1. The number of rotatable bonds is 2. The molecule has 0 saturated carbocycles. The highest BCUT2D eigenvalue weighted by atomic mass is 32.2. The number of benzene rings is 1. The Morgan fingerprint density at radius 2 is 2.21 bits per heavy atom. The number of hydrogen-bond acceptors (Lipinski definition) is 4. The normalized spacial score (nSPS) is 14.9. The molecule has 14 heavy (non-hydrogen) atoms. The highest BCUT2D eigenvalue weighted by molar-refractivity contribution is 7.89. The maximum atomic E-state index is 11.3. The van der Waals surface area contributed by atoms with Crippen molar-refractivity contribution in [2.45, 2.75) is 11.3 Å². The first-order chi connectivity index (χ1) is 6.63. The topological polar surface area (TPSA) is 81.4 Å². The number of hydrogen-bond donors (Lipinski definition) is 2. The summed E-state index contributed by atoms with van der Waals surface area (Å²) in [6, 6.07) is 4.70. The molecule has 5 nitrogen and oxygen atoms in total. The van der Waals surface area contributed by atoms with Crippen molar-refractivity contribution >= 4 is 10.0 Å². The van der Waals surface area contributed by atoms with Gasteiger partial charge in [-0.1, -0.05) is 0 Å². The molecule has 1 aliphatic heterocycles. The average Bonchev–Trinajstić information content (AvgIpc) is 2.64. The van der Waals surface area contributed by atoms with E-state index in [2.05, 4.69) is 0 Å². The van der Waals surface area contributed by atoms with Crippen LogP contribution in [-0.2, 0) is 16.4 Å². The minimum Gasteiger partial charge on any atom is -0.493 e. The van der Waals surface area contributed by atoms with Gasteiger partial charge >= 0.3 is 0 Å². The van der Waals surface area contributed by atoms with E-state index in [4.69, 9.17) is 10.6 Å². The van der Waals surface area contributed by atoms with Crippen LogP contribution in [0.15, 0.2) is 23.1 Å². The maximum Gasteiger partial charge on any atom is 0.253 e. The van der Waals surface area contributed by atoms with Gasteiger partial charge in [0.1, 0.15) is 5.75 Å². The zero-order valence-corrected chi connectivity index (χ0v) is 8.17. The van der Waals surface area contributed by atoms with Crippen molar-refractivity contribution in [3.05, 3.63) is 23.8 Å². The minimum absolute atomic E-state index is 0.171. The molecule has 1 aromatic rings. The first-order valence-corrected chi connectivity index (χ1v) is 5.60. The fourth-order valence-corrected chi connectivity index (χ4v) is 2.08. The Morgan fingerprint density at radius 1 is 1.43 bits per heavy atom. The largest absolute Gasteiger partial charge is 0.493 e. The molecule has 0 aliphatic carbocycles. The van der Waals surface area contributed by atoms with Crippen LogP contribution in [0.1, 0.15) is 5.56 Å². The summed E-state index contributed by atoms with van der Waals surface area (Å²) in [5.41, 5.74) is 0.904. The van der Waals surface area contributed by atoms with Gasteiger partial charge < -0.3 is 4.74 Å². The van der Waals surface area contributed by atoms with Gasteiger partial charge in [0.25, 0.3) is 10.0 Å². The van der Waals surface area contributed by atoms with Crippen molar-refractivity contribution in [2.75, 3.05) is 6.61 Å². The molecule has 1 aliphatic rings. The third kappa shape index (κ3) is 1.47. The maximum absolute atomic E-state index is 11.3. The Kier molecular flexibility index (Phi) is 2.18. The number of nitrogens with one attached hydrogen (secondary N) is 1. The van der Waals surface area contributed by atoms with Gasteiger partial charge in [0, 0.05) is 6.42 Å². The Morgan fingerprint density at radius 3 is 2.93 bits per heavy atom. The minimum atomic E-state index is -3.55. The Hall–Kier alpha value is -1.11. The smallest absolute Gasteiger partial charge is 0.253 e. The van der Waals surface area contributed by atoms with E-state index in [1.54, 1.807) is 17.0 Å². The lowest BCUT2D eigenvalue weighted by atomic mass is 10.2. The van der Waals surface area contributed by atoms with Gasteiger partial charge in [-0.3, -0.25) is 5.84 Å². The van der Waals surface area contributed by atoms with E-state index in [-0.39, 0.29) is 4.90 Å². The fraction of sp³-hybridized carbons (Fsp3) is 0.250. The second-order valence-electron chi connectivity index (χ2n) is 2.99. The molecule has 0 aromatic heterocycles. The summed E-state index contributed by atoms with van der Waals surface area (Å²) < 4.78 is 27.9. The van der Waals surface area contributed by atoms with Crippen LogP contribution in [0.4, 0.5) is 0 Å². The molecule has 1 heterocycles. The van der Waals surface area contributed by atoms with E-state index in [1.165, 1.54) is 6.07 Å². The van der Waals surface area contributed by atoms with Crippen LogP contribution >= 0.6 is 0 Å². The van der Waals surface area contributed by atoms with E-state index in [1.807, 2.05) is 0 Å². The highest BCUT2D eigenvalue weighted by Crippen LogP contribution is 2.27. The monoisotopic (exact) mass is 214 g/mol. The van der Waals surface area contributed by atoms with E-state index in [9.17, 15) is 8.42 Å². The zero-order chi connectivity index (χ0) is 10.2. The van der Waals surface area contributed by atoms with Crippen LogP contribution in [-0.4, -0.2) is 15.0 Å². The van der Waals surface area contributed by atoms with Crippen LogP contribution in [0, 0.1) is 0 Å². The van der Waals surface area contributed by atoms with Gasteiger partial charge in [-0.25, -0.2) is 8.42 Å². The standard InChI is InChI=1S/C8H10N2O3S/c9-10-14(11,12)7-1-2-8-6(5-7)3-4-13-8/h1-2,5,10H,3-4,9H2. The number of hydrazine groups is 1. The molecule has 0 spiro atoms. The van der Waals surface area contributed by atoms with Crippen LogP contribution < -0.4 is 15.4 Å². The van der Waals surface area contributed by atoms with Crippen LogP contribution in [0.5, 0.6) is 5.75 Å². The van der Waals surface area contributed by atoms with E-state index < -0.39 is 10.0 Å². The molecule has 76 valence electrons. The van der Waals surface area contributed by atoms with Crippen molar-refractivity contribution in [3.8, 4) is 5.75 Å². The molecular formula is C8H10N2O3S. The Labute approximate surface area is 81.9 Å². The van der Waals surface area contributed by atoms with Crippen molar-refractivity contribution < 1.29 is 13.2 Å². The van der Waals surface area contributed by atoms with Crippen LogP contribution in [0.3, 0.4) is 0 Å². The fourth-order valence-electron chi connectivity index (χ4n) is 1.40. The average molecular weight is 214 g/mol. The van der Waals surface area contributed by atoms with Gasteiger partial charge in [-0.15, -0.1) is 0 Å². The van der Waals surface area contributed by atoms with E-state index in [0.717, 1.165) is 17.7 Å². The molecule has 0 fully saturated rings. The Balaban J connectivity index is 2.48. The van der Waals surface area contributed by atoms with Gasteiger partial charge in [-0.05, 0) is 23.8 Å². The third-order valence-electron chi connectivity index (χ3n) is 2.13. The second-order valence-corrected chi connectivity index (χ2v) is 4.70. The lowest BCUT2D eigenvalue weighted by molar-refractivity contribution is 0.356. The summed E-state index contributed by atoms with van der Waals surface area (Å²) in [6.45, 7) is 0.606. The number of fused-ring (bicyclic) bond motifs is 1. The zero-order valence-electron chi connectivity index (χ0n) is 7.36. The molecule has 0 atom stereocenters. The summed E-state index contributed by atoms with van der Waals surface area (Å²) >= 11 is 0. The second kappa shape index (κ2) is 3.23. The molecule has 1 aromatic carbocycles. The quantitative estimate of drug-likeness (QED) is 0.526. The molecular weight excluding hydrogens is 204 g/mol. The number of ether oxygens (including phenoxy) is 1.